The third-order valence-corrected chi connectivity index (χ3v) is 7.72. The zero-order chi connectivity index (χ0) is 26.6. The Kier molecular flexibility index (Phi) is 7.83. The smallest absolute Gasteiger partial charge is 0.232 e. The molecule has 0 aliphatic carbocycles. The Bertz CT molecular complexity index is 1360. The fourth-order valence-electron chi connectivity index (χ4n) is 4.52. The van der Waals surface area contributed by atoms with Crippen LogP contribution in [0.2, 0.25) is 0 Å². The van der Waals surface area contributed by atoms with Gasteiger partial charge in [-0.25, -0.2) is 8.42 Å². The van der Waals surface area contributed by atoms with E-state index in [0.29, 0.717) is 22.8 Å². The summed E-state index contributed by atoms with van der Waals surface area (Å²) in [6, 6.07) is 22.2. The van der Waals surface area contributed by atoms with Crippen molar-refractivity contribution in [2.24, 2.45) is 5.73 Å². The zero-order valence-electron chi connectivity index (χ0n) is 21.1. The molecular weight excluding hydrogens is 486 g/mol. The molecule has 0 aromatic heterocycles. The molecule has 9 heteroatoms. The fraction of sp³-hybridized carbons (Fsp3) is 0.286. The summed E-state index contributed by atoms with van der Waals surface area (Å²) in [5, 5.41) is 15.4. The Morgan fingerprint density at radius 2 is 1.62 bits per heavy atom. The van der Waals surface area contributed by atoms with Gasteiger partial charge in [0.1, 0.15) is 17.7 Å². The molecule has 8 nitrogen and oxygen atoms in total. The van der Waals surface area contributed by atoms with E-state index in [1.165, 1.54) is 10.6 Å². The SMILES string of the molecule is CC(=N)N1CCC(Oc2ccc(N(Cc3ccccc3-c3ccc(C(=N)N)cc3)S(C)(=O)=O)cc2)CC1. The molecule has 0 saturated carbocycles. The molecule has 1 heterocycles. The van der Waals surface area contributed by atoms with E-state index in [4.69, 9.17) is 21.3 Å². The third-order valence-electron chi connectivity index (χ3n) is 6.58. The molecule has 1 aliphatic rings. The average Bonchev–Trinajstić information content (AvgIpc) is 2.88. The minimum Gasteiger partial charge on any atom is -0.490 e. The lowest BCUT2D eigenvalue weighted by atomic mass is 9.98. The fourth-order valence-corrected chi connectivity index (χ4v) is 5.39. The molecule has 4 N–H and O–H groups in total. The van der Waals surface area contributed by atoms with Crippen LogP contribution in [0.1, 0.15) is 30.9 Å². The number of amidine groups is 2. The van der Waals surface area contributed by atoms with Crippen molar-refractivity contribution in [3.05, 3.63) is 83.9 Å². The van der Waals surface area contributed by atoms with E-state index < -0.39 is 10.0 Å². The topological polar surface area (TPSA) is 124 Å². The van der Waals surface area contributed by atoms with E-state index in [1.807, 2.05) is 53.4 Å². The van der Waals surface area contributed by atoms with Gasteiger partial charge in [-0.3, -0.25) is 15.1 Å². The van der Waals surface area contributed by atoms with Crippen LogP contribution in [-0.2, 0) is 16.6 Å². The van der Waals surface area contributed by atoms with Gasteiger partial charge in [-0.05, 0) is 47.9 Å². The van der Waals surface area contributed by atoms with Crippen molar-refractivity contribution in [1.82, 2.24) is 4.90 Å². The van der Waals surface area contributed by atoms with E-state index >= 15 is 0 Å². The number of benzene rings is 3. The molecule has 1 fully saturated rings. The highest BCUT2D eigenvalue weighted by molar-refractivity contribution is 7.92. The first-order chi connectivity index (χ1) is 17.6. The number of likely N-dealkylation sites (tertiary alicyclic amines) is 1. The number of piperidine rings is 1. The van der Waals surface area contributed by atoms with Crippen LogP contribution in [0.5, 0.6) is 5.75 Å². The molecule has 194 valence electrons. The minimum absolute atomic E-state index is 0.00225. The number of hydrogen-bond acceptors (Lipinski definition) is 5. The number of nitrogens with zero attached hydrogens (tertiary/aromatic N) is 2. The minimum atomic E-state index is -3.57. The van der Waals surface area contributed by atoms with Crippen molar-refractivity contribution in [2.75, 3.05) is 23.7 Å². The Morgan fingerprint density at radius 1 is 1.00 bits per heavy atom. The number of rotatable bonds is 8. The number of nitrogen functional groups attached to an aromatic ring is 1. The van der Waals surface area contributed by atoms with Crippen LogP contribution in [-0.4, -0.2) is 50.4 Å². The van der Waals surface area contributed by atoms with Gasteiger partial charge >= 0.3 is 0 Å². The lowest BCUT2D eigenvalue weighted by molar-refractivity contribution is 0.130. The van der Waals surface area contributed by atoms with Crippen LogP contribution in [0, 0.1) is 10.8 Å². The summed E-state index contributed by atoms with van der Waals surface area (Å²) in [7, 11) is -3.57. The molecule has 0 atom stereocenters. The molecule has 0 radical (unpaired) electrons. The highest BCUT2D eigenvalue weighted by Gasteiger charge is 2.22. The average molecular weight is 520 g/mol. The number of nitrogens with two attached hydrogens (primary N) is 1. The number of hydrogen-bond donors (Lipinski definition) is 3. The first-order valence-electron chi connectivity index (χ1n) is 12.2. The van der Waals surface area contributed by atoms with E-state index in [2.05, 4.69) is 0 Å². The number of ether oxygens (including phenoxy) is 1. The number of sulfonamides is 1. The highest BCUT2D eigenvalue weighted by atomic mass is 32.2. The summed E-state index contributed by atoms with van der Waals surface area (Å²) >= 11 is 0. The molecule has 0 unspecified atom stereocenters. The molecular formula is C28H33N5O3S. The van der Waals surface area contributed by atoms with Crippen molar-refractivity contribution in [3.63, 3.8) is 0 Å². The molecule has 3 aromatic carbocycles. The lowest BCUT2D eigenvalue weighted by Crippen LogP contribution is -2.40. The van der Waals surface area contributed by atoms with Crippen LogP contribution in [0.3, 0.4) is 0 Å². The van der Waals surface area contributed by atoms with E-state index in [9.17, 15) is 8.42 Å². The maximum absolute atomic E-state index is 12.8. The molecule has 1 aliphatic heterocycles. The molecule has 0 amide bonds. The number of anilines is 1. The first-order valence-corrected chi connectivity index (χ1v) is 14.0. The summed E-state index contributed by atoms with van der Waals surface area (Å²) in [5.41, 5.74) is 9.47. The van der Waals surface area contributed by atoms with Crippen LogP contribution in [0.25, 0.3) is 11.1 Å². The van der Waals surface area contributed by atoms with E-state index in [0.717, 1.165) is 42.6 Å². The summed E-state index contributed by atoms with van der Waals surface area (Å²) < 4.78 is 33.2. The maximum atomic E-state index is 12.8. The second kappa shape index (κ2) is 11.0. The van der Waals surface area contributed by atoms with Crippen molar-refractivity contribution in [1.29, 1.82) is 10.8 Å². The highest BCUT2D eigenvalue weighted by Crippen LogP contribution is 2.30. The normalized spacial score (nSPS) is 14.3. The summed E-state index contributed by atoms with van der Waals surface area (Å²) in [6.45, 7) is 3.58. The standard InChI is InChI=1S/C28H33N5O3S/c1-20(29)32-17-15-26(16-18-32)36-25-13-11-24(12-14-25)33(37(2,34)35)19-23-5-3-4-6-27(23)21-7-9-22(10-8-21)28(30)31/h3-14,26,29H,15-19H2,1-2H3,(H3,30,31). The van der Waals surface area contributed by atoms with Gasteiger partial charge in [0, 0.05) is 31.5 Å². The van der Waals surface area contributed by atoms with Crippen LogP contribution in [0.15, 0.2) is 72.8 Å². The van der Waals surface area contributed by atoms with Gasteiger partial charge in [0.25, 0.3) is 0 Å². The quantitative estimate of drug-likeness (QED) is 0.300. The molecule has 1 saturated heterocycles. The predicted octanol–water partition coefficient (Wildman–Crippen LogP) is 4.44. The molecule has 0 bridgehead atoms. The Morgan fingerprint density at radius 3 is 2.19 bits per heavy atom. The van der Waals surface area contributed by atoms with Gasteiger partial charge in [-0.1, -0.05) is 48.5 Å². The van der Waals surface area contributed by atoms with Crippen molar-refractivity contribution in [2.45, 2.75) is 32.4 Å². The predicted molar refractivity (Wildman–Crippen MR) is 149 cm³/mol. The molecule has 4 rings (SSSR count). The monoisotopic (exact) mass is 519 g/mol. The molecule has 37 heavy (non-hydrogen) atoms. The van der Waals surface area contributed by atoms with Gasteiger partial charge < -0.3 is 15.4 Å². The van der Waals surface area contributed by atoms with E-state index in [-0.39, 0.29) is 18.5 Å². The van der Waals surface area contributed by atoms with Gasteiger partial charge in [-0.2, -0.15) is 0 Å². The van der Waals surface area contributed by atoms with Crippen molar-refractivity contribution >= 4 is 27.4 Å². The first kappa shape index (κ1) is 26.2. The third kappa shape index (κ3) is 6.48. The number of nitrogens with one attached hydrogen (secondary N) is 2. The second-order valence-electron chi connectivity index (χ2n) is 9.30. The Hall–Kier alpha value is -3.85. The van der Waals surface area contributed by atoms with Crippen LogP contribution in [0.4, 0.5) is 5.69 Å². The summed E-state index contributed by atoms with van der Waals surface area (Å²) in [5.74, 6) is 1.29. The van der Waals surface area contributed by atoms with Gasteiger partial charge in [0.15, 0.2) is 0 Å². The second-order valence-corrected chi connectivity index (χ2v) is 11.2. The maximum Gasteiger partial charge on any atom is 0.232 e. The summed E-state index contributed by atoms with van der Waals surface area (Å²) in [4.78, 5) is 2.04. The lowest BCUT2D eigenvalue weighted by Gasteiger charge is -2.33. The molecule has 0 spiro atoms. The molecule has 3 aromatic rings. The summed E-state index contributed by atoms with van der Waals surface area (Å²) in [6.07, 6.45) is 2.98. The van der Waals surface area contributed by atoms with Gasteiger partial charge in [-0.15, -0.1) is 0 Å². The van der Waals surface area contributed by atoms with Crippen molar-refractivity contribution < 1.29 is 13.2 Å². The van der Waals surface area contributed by atoms with E-state index in [1.54, 1.807) is 31.2 Å². The van der Waals surface area contributed by atoms with Crippen LogP contribution < -0.4 is 14.8 Å². The van der Waals surface area contributed by atoms with Crippen molar-refractivity contribution in [3.8, 4) is 16.9 Å². The largest absolute Gasteiger partial charge is 0.490 e. The zero-order valence-corrected chi connectivity index (χ0v) is 22.0. The Balaban J connectivity index is 1.52. The van der Waals surface area contributed by atoms with Gasteiger partial charge in [0.2, 0.25) is 10.0 Å². The Labute approximate surface area is 218 Å². The van der Waals surface area contributed by atoms with Crippen LogP contribution >= 0.6 is 0 Å². The van der Waals surface area contributed by atoms with Gasteiger partial charge in [0.05, 0.1) is 24.3 Å².